The summed E-state index contributed by atoms with van der Waals surface area (Å²) in [6.07, 6.45) is 1.65. The first-order chi connectivity index (χ1) is 12.4. The van der Waals surface area contributed by atoms with Gasteiger partial charge in [0.15, 0.2) is 5.17 Å². The van der Waals surface area contributed by atoms with Crippen molar-refractivity contribution in [3.63, 3.8) is 0 Å². The Morgan fingerprint density at radius 2 is 1.88 bits per heavy atom. The molecule has 0 spiro atoms. The van der Waals surface area contributed by atoms with Gasteiger partial charge in [0.05, 0.1) is 23.2 Å². The van der Waals surface area contributed by atoms with Crippen LogP contribution in [-0.4, -0.2) is 31.0 Å². The number of aliphatic imine (C=N–C) groups is 1. The van der Waals surface area contributed by atoms with Crippen LogP contribution in [0.4, 0.5) is 0 Å². The van der Waals surface area contributed by atoms with Crippen LogP contribution < -0.4 is 0 Å². The van der Waals surface area contributed by atoms with Gasteiger partial charge in [-0.05, 0) is 36.8 Å². The summed E-state index contributed by atoms with van der Waals surface area (Å²) in [4.78, 5) is 4.68. The van der Waals surface area contributed by atoms with Crippen molar-refractivity contribution in [1.29, 1.82) is 0 Å². The van der Waals surface area contributed by atoms with Crippen molar-refractivity contribution in [2.24, 2.45) is 4.99 Å². The van der Waals surface area contributed by atoms with Crippen LogP contribution in [0.1, 0.15) is 16.4 Å². The van der Waals surface area contributed by atoms with Crippen molar-refractivity contribution < 1.29 is 8.42 Å². The number of hydrogen-bond donors (Lipinski definition) is 0. The van der Waals surface area contributed by atoms with Gasteiger partial charge in [0.2, 0.25) is 0 Å². The van der Waals surface area contributed by atoms with Gasteiger partial charge in [-0.3, -0.25) is 4.99 Å². The minimum atomic E-state index is -3.66. The number of hydrogen-bond acceptors (Lipinski definition) is 4. The Morgan fingerprint density at radius 3 is 2.50 bits per heavy atom. The number of aryl methyl sites for hydroxylation is 1. The molecule has 26 heavy (non-hydrogen) atoms. The number of amidine groups is 1. The lowest BCUT2D eigenvalue weighted by atomic mass is 10.1. The normalized spacial score (nSPS) is 19.1. The van der Waals surface area contributed by atoms with Gasteiger partial charge < -0.3 is 0 Å². The van der Waals surface area contributed by atoms with Gasteiger partial charge in [0.25, 0.3) is 10.0 Å². The number of halogens is 1. The predicted octanol–water partition coefficient (Wildman–Crippen LogP) is 4.67. The molecule has 0 aromatic heterocycles. The Labute approximate surface area is 163 Å². The van der Waals surface area contributed by atoms with E-state index in [1.807, 2.05) is 31.2 Å². The summed E-state index contributed by atoms with van der Waals surface area (Å²) < 4.78 is 27.7. The molecule has 0 saturated carbocycles. The van der Waals surface area contributed by atoms with E-state index < -0.39 is 10.0 Å². The molecule has 4 nitrogen and oxygen atoms in total. The van der Waals surface area contributed by atoms with E-state index in [1.54, 1.807) is 30.3 Å². The first kappa shape index (κ1) is 19.0. The third kappa shape index (κ3) is 3.98. The van der Waals surface area contributed by atoms with E-state index in [9.17, 15) is 8.42 Å². The Morgan fingerprint density at radius 1 is 1.23 bits per heavy atom. The molecule has 1 aliphatic heterocycles. The van der Waals surface area contributed by atoms with Gasteiger partial charge in [-0.2, -0.15) is 0 Å². The summed E-state index contributed by atoms with van der Waals surface area (Å²) >= 11 is 7.41. The van der Waals surface area contributed by atoms with E-state index in [0.29, 0.717) is 23.3 Å². The van der Waals surface area contributed by atoms with Crippen molar-refractivity contribution in [2.75, 3.05) is 13.1 Å². The highest BCUT2D eigenvalue weighted by Gasteiger charge is 2.38. The molecule has 0 N–H and O–H groups in total. The fraction of sp³-hybridized carbons (Fsp3) is 0.211. The summed E-state index contributed by atoms with van der Waals surface area (Å²) in [6.45, 7) is 6.29. The number of thioether (sulfide) groups is 1. The first-order valence-corrected chi connectivity index (χ1v) is 10.8. The van der Waals surface area contributed by atoms with E-state index >= 15 is 0 Å². The van der Waals surface area contributed by atoms with Crippen molar-refractivity contribution >= 4 is 38.6 Å². The number of benzene rings is 2. The fourth-order valence-electron chi connectivity index (χ4n) is 2.60. The summed E-state index contributed by atoms with van der Waals surface area (Å²) in [7, 11) is -3.66. The zero-order valence-corrected chi connectivity index (χ0v) is 16.7. The predicted molar refractivity (Wildman–Crippen MR) is 109 cm³/mol. The van der Waals surface area contributed by atoms with Gasteiger partial charge in [-0.15, -0.1) is 6.58 Å². The Kier molecular flexibility index (Phi) is 5.75. The molecule has 1 atom stereocenters. The van der Waals surface area contributed by atoms with Crippen molar-refractivity contribution in [1.82, 2.24) is 4.31 Å². The molecular formula is C19H19ClN2O2S2. The van der Waals surface area contributed by atoms with Crippen LogP contribution in [0.15, 0.2) is 71.1 Å². The standard InChI is InChI=1S/C19H19ClN2O2S2/c1-3-12-21-19-22(26(23,24)17-10-4-14(2)5-11-17)13-18(25-19)15-6-8-16(20)9-7-15/h3-11,18H,1,12-13H2,2H3. The average molecular weight is 407 g/mol. The molecule has 0 amide bonds. The lowest BCUT2D eigenvalue weighted by molar-refractivity contribution is 0.528. The largest absolute Gasteiger partial charge is 0.265 e. The number of nitrogens with zero attached hydrogens (tertiary/aromatic N) is 2. The smallest absolute Gasteiger partial charge is 0.258 e. The quantitative estimate of drug-likeness (QED) is 0.678. The maximum atomic E-state index is 13.1. The third-order valence-electron chi connectivity index (χ3n) is 4.00. The van der Waals surface area contributed by atoms with Gasteiger partial charge >= 0.3 is 0 Å². The summed E-state index contributed by atoms with van der Waals surface area (Å²) in [5.74, 6) is 0. The second-order valence-corrected chi connectivity index (χ2v) is 9.39. The highest BCUT2D eigenvalue weighted by atomic mass is 35.5. The van der Waals surface area contributed by atoms with Gasteiger partial charge in [0, 0.05) is 5.02 Å². The van der Waals surface area contributed by atoms with Crippen molar-refractivity contribution in [3.05, 3.63) is 77.3 Å². The molecule has 1 aliphatic rings. The molecule has 1 unspecified atom stereocenters. The second-order valence-electron chi connectivity index (χ2n) is 5.92. The Hall–Kier alpha value is -1.76. The fourth-order valence-corrected chi connectivity index (χ4v) is 5.70. The van der Waals surface area contributed by atoms with Crippen LogP contribution in [0.3, 0.4) is 0 Å². The van der Waals surface area contributed by atoms with Crippen molar-refractivity contribution in [2.45, 2.75) is 17.1 Å². The molecule has 1 saturated heterocycles. The molecular weight excluding hydrogens is 388 g/mol. The lowest BCUT2D eigenvalue weighted by Crippen LogP contribution is -2.32. The highest BCUT2D eigenvalue weighted by Crippen LogP contribution is 2.41. The van der Waals surface area contributed by atoms with Gasteiger partial charge in [-0.25, -0.2) is 12.7 Å². The maximum Gasteiger partial charge on any atom is 0.265 e. The van der Waals surface area contributed by atoms with Crippen LogP contribution in [0, 0.1) is 6.92 Å². The third-order valence-corrected chi connectivity index (χ3v) is 7.40. The number of rotatable bonds is 5. The SMILES string of the molecule is C=CCN=C1SC(c2ccc(Cl)cc2)CN1S(=O)(=O)c1ccc(C)cc1. The minimum Gasteiger partial charge on any atom is -0.258 e. The minimum absolute atomic E-state index is 0.0314. The summed E-state index contributed by atoms with van der Waals surface area (Å²) in [6, 6.07) is 14.3. The molecule has 1 heterocycles. The topological polar surface area (TPSA) is 49.7 Å². The monoisotopic (exact) mass is 406 g/mol. The highest BCUT2D eigenvalue weighted by molar-refractivity contribution is 8.15. The molecule has 3 rings (SSSR count). The number of sulfonamides is 1. The molecule has 7 heteroatoms. The molecule has 2 aromatic carbocycles. The van der Waals surface area contributed by atoms with Crippen molar-refractivity contribution in [3.8, 4) is 0 Å². The van der Waals surface area contributed by atoms with Crippen LogP contribution in [-0.2, 0) is 10.0 Å². The molecule has 1 fully saturated rings. The Bertz CT molecular complexity index is 923. The van der Waals surface area contributed by atoms with Crippen LogP contribution in [0.2, 0.25) is 5.02 Å². The zero-order chi connectivity index (χ0) is 18.7. The molecule has 0 bridgehead atoms. The summed E-state index contributed by atoms with van der Waals surface area (Å²) in [5.41, 5.74) is 2.03. The first-order valence-electron chi connectivity index (χ1n) is 8.08. The maximum absolute atomic E-state index is 13.1. The summed E-state index contributed by atoms with van der Waals surface area (Å²) in [5, 5.41) is 1.11. The van der Waals surface area contributed by atoms with Crippen LogP contribution in [0.5, 0.6) is 0 Å². The molecule has 0 radical (unpaired) electrons. The Balaban J connectivity index is 1.96. The average Bonchev–Trinajstić information content (AvgIpc) is 3.06. The molecule has 0 aliphatic carbocycles. The molecule has 2 aromatic rings. The second kappa shape index (κ2) is 7.86. The van der Waals surface area contributed by atoms with E-state index in [-0.39, 0.29) is 10.1 Å². The molecule has 136 valence electrons. The zero-order valence-electron chi connectivity index (χ0n) is 14.3. The van der Waals surface area contributed by atoms with Crippen LogP contribution in [0.25, 0.3) is 0 Å². The lowest BCUT2D eigenvalue weighted by Gasteiger charge is -2.18. The van der Waals surface area contributed by atoms with E-state index in [0.717, 1.165) is 11.1 Å². The van der Waals surface area contributed by atoms with Gasteiger partial charge in [-0.1, -0.05) is 59.3 Å². The van der Waals surface area contributed by atoms with E-state index in [2.05, 4.69) is 11.6 Å². The van der Waals surface area contributed by atoms with Gasteiger partial charge in [0.1, 0.15) is 0 Å². The van der Waals surface area contributed by atoms with Crippen LogP contribution >= 0.6 is 23.4 Å². The van der Waals surface area contributed by atoms with E-state index in [4.69, 9.17) is 11.6 Å². The van der Waals surface area contributed by atoms with E-state index in [1.165, 1.54) is 16.1 Å².